The molecule has 1 aliphatic heterocycles. The molecule has 2 saturated carbocycles. The van der Waals surface area contributed by atoms with Crippen molar-refractivity contribution >= 4 is 0 Å². The monoisotopic (exact) mass is 618 g/mol. The van der Waals surface area contributed by atoms with Crippen molar-refractivity contribution in [2.45, 2.75) is 101 Å². The highest BCUT2D eigenvalue weighted by molar-refractivity contribution is 5.34. The molecule has 236 valence electrons. The van der Waals surface area contributed by atoms with E-state index in [9.17, 15) is 22.7 Å². The Balaban J connectivity index is 1.02. The number of aliphatic hydroxyl groups is 1. The van der Waals surface area contributed by atoms with Gasteiger partial charge in [0.25, 0.3) is 0 Å². The molecule has 2 atom stereocenters. The lowest BCUT2D eigenvalue weighted by Crippen LogP contribution is -2.22. The molecule has 1 heterocycles. The molecule has 3 fully saturated rings. The van der Waals surface area contributed by atoms with Gasteiger partial charge in [0.05, 0.1) is 25.4 Å². The van der Waals surface area contributed by atoms with Gasteiger partial charge < -0.3 is 14.6 Å². The van der Waals surface area contributed by atoms with E-state index in [0.29, 0.717) is 63.5 Å². The third kappa shape index (κ3) is 6.15. The summed E-state index contributed by atoms with van der Waals surface area (Å²) in [5.74, 6) is -6.11. The Morgan fingerprint density at radius 1 is 0.636 bits per heavy atom. The second kappa shape index (κ2) is 12.9. The van der Waals surface area contributed by atoms with Crippen molar-refractivity contribution in [1.82, 2.24) is 0 Å². The molecule has 3 aliphatic rings. The molecule has 3 aromatic rings. The standard InChI is InChI=1S/C35H36F6O3/c1-18(42)24-12-13-26(33(39)31(24)37)21-6-9-23(10-7-21)43-16-22-8-11-25(32(38)30(22)36)19-2-4-20(5-3-19)27-14-15-28(29-17-44-29)35(41)34(27)40/h8,11-15,18-21,23,29,42H,2-7,9-10,16-17H2,1H3. The van der Waals surface area contributed by atoms with E-state index < -0.39 is 41.0 Å². The number of ether oxygens (including phenoxy) is 2. The summed E-state index contributed by atoms with van der Waals surface area (Å²) < 4.78 is 99.7. The van der Waals surface area contributed by atoms with Crippen molar-refractivity contribution in [3.63, 3.8) is 0 Å². The lowest BCUT2D eigenvalue weighted by atomic mass is 9.75. The number of hydrogen-bond acceptors (Lipinski definition) is 3. The summed E-state index contributed by atoms with van der Waals surface area (Å²) in [6.45, 7) is 1.67. The minimum atomic E-state index is -1.11. The topological polar surface area (TPSA) is 42.0 Å². The number of epoxide rings is 1. The van der Waals surface area contributed by atoms with Crippen molar-refractivity contribution in [2.75, 3.05) is 6.61 Å². The van der Waals surface area contributed by atoms with Gasteiger partial charge in [0, 0.05) is 16.7 Å². The van der Waals surface area contributed by atoms with Crippen LogP contribution in [0.5, 0.6) is 0 Å². The molecule has 0 spiro atoms. The maximum atomic E-state index is 15.2. The van der Waals surface area contributed by atoms with Gasteiger partial charge in [-0.25, -0.2) is 26.3 Å². The smallest absolute Gasteiger partial charge is 0.165 e. The fraction of sp³-hybridized carbons (Fsp3) is 0.486. The highest BCUT2D eigenvalue weighted by Crippen LogP contribution is 2.44. The van der Waals surface area contributed by atoms with Crippen LogP contribution in [-0.2, 0) is 16.1 Å². The Kier molecular flexibility index (Phi) is 9.09. The van der Waals surface area contributed by atoms with E-state index in [0.717, 1.165) is 0 Å². The van der Waals surface area contributed by atoms with Crippen LogP contribution in [0.4, 0.5) is 26.3 Å². The predicted octanol–water partition coefficient (Wildman–Crippen LogP) is 9.33. The quantitative estimate of drug-likeness (QED) is 0.202. The number of hydrogen-bond donors (Lipinski definition) is 1. The molecule has 3 aromatic carbocycles. The van der Waals surface area contributed by atoms with E-state index in [1.807, 2.05) is 0 Å². The van der Waals surface area contributed by atoms with Gasteiger partial charge >= 0.3 is 0 Å². The lowest BCUT2D eigenvalue weighted by molar-refractivity contribution is 0.0116. The second-order valence-electron chi connectivity index (χ2n) is 12.5. The fourth-order valence-electron chi connectivity index (χ4n) is 7.08. The van der Waals surface area contributed by atoms with Gasteiger partial charge in [0.15, 0.2) is 34.9 Å². The summed E-state index contributed by atoms with van der Waals surface area (Å²) in [7, 11) is 0. The Morgan fingerprint density at radius 2 is 1.07 bits per heavy atom. The van der Waals surface area contributed by atoms with Crippen molar-refractivity contribution in [3.8, 4) is 0 Å². The minimum absolute atomic E-state index is 0.0752. The number of benzene rings is 3. The number of rotatable bonds is 8. The van der Waals surface area contributed by atoms with Gasteiger partial charge in [0.1, 0.15) is 6.10 Å². The van der Waals surface area contributed by atoms with Crippen molar-refractivity contribution in [2.24, 2.45) is 0 Å². The SMILES string of the molecule is CC(O)c1ccc(C2CCC(OCc3ccc(C4CCC(c5ccc(C6CO6)c(F)c5F)CC4)c(F)c3F)CC2)c(F)c1F. The van der Waals surface area contributed by atoms with Crippen molar-refractivity contribution in [3.05, 3.63) is 105 Å². The van der Waals surface area contributed by atoms with Crippen LogP contribution in [-0.4, -0.2) is 17.8 Å². The first-order chi connectivity index (χ1) is 21.1. The number of aliphatic hydroxyl groups excluding tert-OH is 1. The van der Waals surface area contributed by atoms with Crippen LogP contribution in [0.3, 0.4) is 0 Å². The van der Waals surface area contributed by atoms with Crippen LogP contribution in [0.2, 0.25) is 0 Å². The van der Waals surface area contributed by atoms with E-state index in [1.165, 1.54) is 19.1 Å². The summed E-state index contributed by atoms with van der Waals surface area (Å²) in [5.41, 5.74) is 1.16. The van der Waals surface area contributed by atoms with Crippen LogP contribution in [0, 0.1) is 34.9 Å². The molecule has 2 unspecified atom stereocenters. The van der Waals surface area contributed by atoms with Gasteiger partial charge in [0.2, 0.25) is 0 Å². The number of halogens is 6. The maximum absolute atomic E-state index is 15.2. The van der Waals surface area contributed by atoms with Crippen LogP contribution in [0.25, 0.3) is 0 Å². The molecular weight excluding hydrogens is 582 g/mol. The highest BCUT2D eigenvalue weighted by Gasteiger charge is 2.33. The van der Waals surface area contributed by atoms with E-state index in [4.69, 9.17) is 9.47 Å². The molecule has 0 radical (unpaired) electrons. The van der Waals surface area contributed by atoms with Crippen LogP contribution >= 0.6 is 0 Å². The average Bonchev–Trinajstić information content (AvgIpc) is 3.87. The third-order valence-electron chi connectivity index (χ3n) is 9.80. The van der Waals surface area contributed by atoms with Gasteiger partial charge in [-0.15, -0.1) is 0 Å². The zero-order valence-corrected chi connectivity index (χ0v) is 24.5. The Morgan fingerprint density at radius 3 is 1.61 bits per heavy atom. The minimum Gasteiger partial charge on any atom is -0.389 e. The summed E-state index contributed by atoms with van der Waals surface area (Å²) in [6.07, 6.45) is 2.68. The zero-order valence-electron chi connectivity index (χ0n) is 24.5. The Hall–Kier alpha value is -2.88. The fourth-order valence-corrected chi connectivity index (χ4v) is 7.08. The van der Waals surface area contributed by atoms with Crippen LogP contribution < -0.4 is 0 Å². The summed E-state index contributed by atoms with van der Waals surface area (Å²) >= 11 is 0. The van der Waals surface area contributed by atoms with E-state index in [1.54, 1.807) is 24.3 Å². The molecule has 44 heavy (non-hydrogen) atoms. The maximum Gasteiger partial charge on any atom is 0.165 e. The molecule has 2 aliphatic carbocycles. The summed E-state index contributed by atoms with van der Waals surface area (Å²) in [5, 5.41) is 9.62. The first-order valence-electron chi connectivity index (χ1n) is 15.5. The average molecular weight is 619 g/mol. The summed E-state index contributed by atoms with van der Waals surface area (Å²) in [6, 6.07) is 9.28. The van der Waals surface area contributed by atoms with Crippen molar-refractivity contribution < 1.29 is 40.9 Å². The van der Waals surface area contributed by atoms with E-state index in [2.05, 4.69) is 0 Å². The zero-order chi connectivity index (χ0) is 31.1. The molecule has 9 heteroatoms. The molecule has 6 rings (SSSR count). The molecular formula is C35H36F6O3. The normalized spacial score (nSPS) is 26.0. The second-order valence-corrected chi connectivity index (χ2v) is 12.5. The summed E-state index contributed by atoms with van der Waals surface area (Å²) in [4.78, 5) is 0. The molecule has 1 N–H and O–H groups in total. The van der Waals surface area contributed by atoms with E-state index in [-0.39, 0.29) is 64.4 Å². The Bertz CT molecular complexity index is 1510. The van der Waals surface area contributed by atoms with Gasteiger partial charge in [-0.2, -0.15) is 0 Å². The molecule has 3 nitrogen and oxygen atoms in total. The van der Waals surface area contributed by atoms with E-state index >= 15 is 8.78 Å². The molecule has 1 saturated heterocycles. The predicted molar refractivity (Wildman–Crippen MR) is 152 cm³/mol. The Labute approximate surface area is 253 Å². The van der Waals surface area contributed by atoms with Gasteiger partial charge in [-0.1, -0.05) is 36.4 Å². The highest BCUT2D eigenvalue weighted by atomic mass is 19.2. The first-order valence-corrected chi connectivity index (χ1v) is 15.5. The molecule has 0 aromatic heterocycles. The molecule has 0 bridgehead atoms. The largest absolute Gasteiger partial charge is 0.389 e. The van der Waals surface area contributed by atoms with Gasteiger partial charge in [-0.05, 0) is 92.7 Å². The third-order valence-corrected chi connectivity index (χ3v) is 9.80. The lowest BCUT2D eigenvalue weighted by Gasteiger charge is -2.30. The first kappa shape index (κ1) is 31.1. The van der Waals surface area contributed by atoms with Crippen LogP contribution in [0.1, 0.15) is 122 Å². The van der Waals surface area contributed by atoms with Crippen LogP contribution in [0.15, 0.2) is 36.4 Å². The van der Waals surface area contributed by atoms with Crippen molar-refractivity contribution in [1.29, 1.82) is 0 Å². The van der Waals surface area contributed by atoms with Gasteiger partial charge in [-0.3, -0.25) is 0 Å². The molecule has 0 amide bonds.